The van der Waals surface area contributed by atoms with Gasteiger partial charge in [0, 0.05) is 13.6 Å². The molecule has 0 saturated carbocycles. The minimum atomic E-state index is -0.355. The predicted molar refractivity (Wildman–Crippen MR) is 62.2 cm³/mol. The number of nitrogens with one attached hydrogen (secondary N) is 1. The third kappa shape index (κ3) is 3.01. The van der Waals surface area contributed by atoms with Gasteiger partial charge in [0.25, 0.3) is 0 Å². The highest BCUT2D eigenvalue weighted by Crippen LogP contribution is 2.25. The number of carbonyl (C=O) groups excluding carboxylic acids is 1. The van der Waals surface area contributed by atoms with Crippen molar-refractivity contribution in [3.05, 3.63) is 28.8 Å². The van der Waals surface area contributed by atoms with E-state index in [1.165, 1.54) is 4.90 Å². The molecule has 1 rings (SSSR count). The number of amides is 2. The molecule has 2 amide bonds. The number of benzene rings is 1. The van der Waals surface area contributed by atoms with Crippen LogP contribution in [0.5, 0.6) is 5.75 Å². The maximum absolute atomic E-state index is 11.2. The molecule has 0 fully saturated rings. The quantitative estimate of drug-likeness (QED) is 0.479. The van der Waals surface area contributed by atoms with E-state index in [1.807, 2.05) is 6.07 Å². The average Bonchev–Trinajstić information content (AvgIpc) is 2.28. The van der Waals surface area contributed by atoms with Crippen LogP contribution < -0.4 is 16.0 Å². The van der Waals surface area contributed by atoms with Crippen LogP contribution in [0.3, 0.4) is 0 Å². The molecule has 3 N–H and O–H groups in total. The third-order valence-electron chi connectivity index (χ3n) is 2.11. The Morgan fingerprint density at radius 3 is 2.81 bits per heavy atom. The lowest BCUT2D eigenvalue weighted by atomic mass is 10.2. The van der Waals surface area contributed by atoms with Gasteiger partial charge in [0.2, 0.25) is 0 Å². The zero-order chi connectivity index (χ0) is 12.1. The molecule has 0 aromatic heterocycles. The second-order valence-corrected chi connectivity index (χ2v) is 3.68. The molecule has 88 valence electrons. The lowest BCUT2D eigenvalue weighted by Gasteiger charge is -2.16. The molecule has 5 nitrogen and oxygen atoms in total. The second kappa shape index (κ2) is 5.58. The summed E-state index contributed by atoms with van der Waals surface area (Å²) >= 11 is 5.96. The molecule has 0 spiro atoms. The lowest BCUT2D eigenvalue weighted by molar-refractivity contribution is 0.207. The fourth-order valence-electron chi connectivity index (χ4n) is 1.26. The minimum Gasteiger partial charge on any atom is -0.495 e. The molecular formula is C10H14ClN3O2. The van der Waals surface area contributed by atoms with Crippen LogP contribution in [0.15, 0.2) is 18.2 Å². The van der Waals surface area contributed by atoms with Gasteiger partial charge in [0.1, 0.15) is 5.75 Å². The first-order valence-corrected chi connectivity index (χ1v) is 5.00. The molecule has 0 radical (unpaired) electrons. The van der Waals surface area contributed by atoms with E-state index in [4.69, 9.17) is 22.2 Å². The number of hydrogen-bond donors (Lipinski definition) is 2. The van der Waals surface area contributed by atoms with E-state index in [2.05, 4.69) is 5.43 Å². The summed E-state index contributed by atoms with van der Waals surface area (Å²) in [4.78, 5) is 12.6. The van der Waals surface area contributed by atoms with E-state index in [9.17, 15) is 4.79 Å². The van der Waals surface area contributed by atoms with Crippen molar-refractivity contribution >= 4 is 17.6 Å². The molecule has 0 saturated heterocycles. The first-order valence-electron chi connectivity index (χ1n) is 4.62. The number of nitrogens with zero attached hydrogens (tertiary/aromatic N) is 1. The fraction of sp³-hybridized carbons (Fsp3) is 0.300. The highest BCUT2D eigenvalue weighted by molar-refractivity contribution is 6.32. The van der Waals surface area contributed by atoms with Gasteiger partial charge in [-0.25, -0.2) is 10.6 Å². The van der Waals surface area contributed by atoms with Crippen molar-refractivity contribution in [1.29, 1.82) is 0 Å². The normalized spacial score (nSPS) is 9.75. The van der Waals surface area contributed by atoms with Gasteiger partial charge in [0.15, 0.2) is 0 Å². The number of methoxy groups -OCH3 is 1. The van der Waals surface area contributed by atoms with E-state index in [-0.39, 0.29) is 6.03 Å². The number of rotatable bonds is 3. The summed E-state index contributed by atoms with van der Waals surface area (Å²) in [6.07, 6.45) is 0. The van der Waals surface area contributed by atoms with Crippen molar-refractivity contribution in [1.82, 2.24) is 10.3 Å². The van der Waals surface area contributed by atoms with Gasteiger partial charge < -0.3 is 9.64 Å². The van der Waals surface area contributed by atoms with Gasteiger partial charge in [0.05, 0.1) is 12.1 Å². The highest BCUT2D eigenvalue weighted by atomic mass is 35.5. The van der Waals surface area contributed by atoms with E-state index in [1.54, 1.807) is 26.3 Å². The van der Waals surface area contributed by atoms with Crippen LogP contribution in [0, 0.1) is 0 Å². The molecule has 0 aliphatic rings. The average molecular weight is 244 g/mol. The van der Waals surface area contributed by atoms with E-state index in [0.29, 0.717) is 17.3 Å². The number of hydrazine groups is 1. The summed E-state index contributed by atoms with van der Waals surface area (Å²) in [5.41, 5.74) is 2.95. The maximum Gasteiger partial charge on any atom is 0.331 e. The highest BCUT2D eigenvalue weighted by Gasteiger charge is 2.08. The van der Waals surface area contributed by atoms with Gasteiger partial charge in [-0.3, -0.25) is 5.43 Å². The number of carbonyl (C=O) groups is 1. The molecule has 0 unspecified atom stereocenters. The lowest BCUT2D eigenvalue weighted by Crippen LogP contribution is -2.40. The largest absolute Gasteiger partial charge is 0.495 e. The molecule has 1 aromatic carbocycles. The Balaban J connectivity index is 2.75. The van der Waals surface area contributed by atoms with E-state index >= 15 is 0 Å². The summed E-state index contributed by atoms with van der Waals surface area (Å²) in [6, 6.07) is 4.99. The Morgan fingerprint density at radius 1 is 1.62 bits per heavy atom. The van der Waals surface area contributed by atoms with Gasteiger partial charge in [-0.05, 0) is 17.7 Å². The number of halogens is 1. The van der Waals surface area contributed by atoms with E-state index in [0.717, 1.165) is 5.56 Å². The van der Waals surface area contributed by atoms with Crippen molar-refractivity contribution in [2.24, 2.45) is 5.84 Å². The SMILES string of the molecule is COc1ccc(CN(C)C(=O)NN)cc1Cl. The summed E-state index contributed by atoms with van der Waals surface area (Å²) in [5.74, 6) is 5.62. The summed E-state index contributed by atoms with van der Waals surface area (Å²) in [7, 11) is 3.19. The van der Waals surface area contributed by atoms with Crippen LogP contribution in [0.1, 0.15) is 5.56 Å². The molecule has 0 bridgehead atoms. The van der Waals surface area contributed by atoms with Crippen molar-refractivity contribution in [3.8, 4) is 5.75 Å². The summed E-state index contributed by atoms with van der Waals surface area (Å²) in [5, 5.41) is 0.515. The van der Waals surface area contributed by atoms with Gasteiger partial charge in [-0.2, -0.15) is 0 Å². The first-order chi connectivity index (χ1) is 7.58. The predicted octanol–water partition coefficient (Wildman–Crippen LogP) is 1.36. The monoisotopic (exact) mass is 243 g/mol. The van der Waals surface area contributed by atoms with Gasteiger partial charge >= 0.3 is 6.03 Å². The van der Waals surface area contributed by atoms with Crippen LogP contribution in [0.25, 0.3) is 0 Å². The van der Waals surface area contributed by atoms with Crippen molar-refractivity contribution < 1.29 is 9.53 Å². The Labute approximate surface area is 99.1 Å². The van der Waals surface area contributed by atoms with Crippen LogP contribution in [0.2, 0.25) is 5.02 Å². The van der Waals surface area contributed by atoms with Gasteiger partial charge in [-0.1, -0.05) is 17.7 Å². The minimum absolute atomic E-state index is 0.355. The topological polar surface area (TPSA) is 67.6 Å². The molecular weight excluding hydrogens is 230 g/mol. The Hall–Kier alpha value is -1.46. The molecule has 6 heteroatoms. The van der Waals surface area contributed by atoms with Crippen molar-refractivity contribution in [2.45, 2.75) is 6.54 Å². The molecule has 16 heavy (non-hydrogen) atoms. The summed E-state index contributed by atoms with van der Waals surface area (Å²) in [6.45, 7) is 0.423. The maximum atomic E-state index is 11.2. The van der Waals surface area contributed by atoms with Crippen molar-refractivity contribution in [2.75, 3.05) is 14.2 Å². The van der Waals surface area contributed by atoms with Crippen molar-refractivity contribution in [3.63, 3.8) is 0 Å². The fourth-order valence-corrected chi connectivity index (χ4v) is 1.54. The van der Waals surface area contributed by atoms with Crippen LogP contribution in [0.4, 0.5) is 4.79 Å². The van der Waals surface area contributed by atoms with Crippen LogP contribution in [-0.4, -0.2) is 25.1 Å². The molecule has 0 aliphatic carbocycles. The molecule has 0 atom stereocenters. The Kier molecular flexibility index (Phi) is 4.39. The number of hydrogen-bond acceptors (Lipinski definition) is 3. The molecule has 0 heterocycles. The zero-order valence-electron chi connectivity index (χ0n) is 9.16. The first kappa shape index (κ1) is 12.6. The van der Waals surface area contributed by atoms with Crippen LogP contribution in [-0.2, 0) is 6.54 Å². The number of nitrogens with two attached hydrogens (primary N) is 1. The molecule has 0 aliphatic heterocycles. The number of urea groups is 1. The smallest absolute Gasteiger partial charge is 0.331 e. The summed E-state index contributed by atoms with van der Waals surface area (Å²) < 4.78 is 5.03. The van der Waals surface area contributed by atoms with Crippen LogP contribution >= 0.6 is 11.6 Å². The second-order valence-electron chi connectivity index (χ2n) is 3.27. The third-order valence-corrected chi connectivity index (χ3v) is 2.40. The zero-order valence-corrected chi connectivity index (χ0v) is 9.91. The Morgan fingerprint density at radius 2 is 2.31 bits per heavy atom. The molecule has 1 aromatic rings. The standard InChI is InChI=1S/C10H14ClN3O2/c1-14(10(15)13-12)6-7-3-4-9(16-2)8(11)5-7/h3-5H,6,12H2,1-2H3,(H,13,15). The van der Waals surface area contributed by atoms with E-state index < -0.39 is 0 Å². The van der Waals surface area contributed by atoms with Gasteiger partial charge in [-0.15, -0.1) is 0 Å². The Bertz CT molecular complexity index is 384. The number of ether oxygens (including phenoxy) is 1.